The Kier molecular flexibility index (Phi) is 4.96. The number of aromatic nitrogens is 1. The van der Waals surface area contributed by atoms with Gasteiger partial charge in [0.2, 0.25) is 0 Å². The smallest absolute Gasteiger partial charge is 0.126 e. The zero-order valence-electron chi connectivity index (χ0n) is 12.8. The summed E-state index contributed by atoms with van der Waals surface area (Å²) in [7, 11) is 0. The van der Waals surface area contributed by atoms with Gasteiger partial charge in [0, 0.05) is 27.9 Å². The van der Waals surface area contributed by atoms with E-state index in [1.807, 2.05) is 12.3 Å². The van der Waals surface area contributed by atoms with Crippen LogP contribution >= 0.6 is 11.8 Å². The van der Waals surface area contributed by atoms with Gasteiger partial charge in [-0.1, -0.05) is 49.4 Å². The van der Waals surface area contributed by atoms with Gasteiger partial charge in [0.25, 0.3) is 0 Å². The highest BCUT2D eigenvalue weighted by molar-refractivity contribution is 7.99. The van der Waals surface area contributed by atoms with Gasteiger partial charge in [-0.05, 0) is 42.1 Å². The summed E-state index contributed by atoms with van der Waals surface area (Å²) >= 11 is 1.78. The largest absolute Gasteiger partial charge is 0.370 e. The van der Waals surface area contributed by atoms with E-state index in [4.69, 9.17) is 0 Å². The Bertz CT molecular complexity index is 741. The molecule has 2 aromatic carbocycles. The molecule has 0 amide bonds. The standard InChI is InChI=1S/C19H20N2S/c1-2-3-11-20-19-13-15-9-10-18(12-16(15)14-21-19)22-17-7-5-4-6-8-17/h4-10,12-14H,2-3,11H2,1H3,(H,20,21). The van der Waals surface area contributed by atoms with Crippen molar-refractivity contribution in [3.63, 3.8) is 0 Å². The molecular formula is C19H20N2S. The molecule has 22 heavy (non-hydrogen) atoms. The molecule has 3 rings (SSSR count). The third kappa shape index (κ3) is 3.80. The van der Waals surface area contributed by atoms with Crippen molar-refractivity contribution >= 4 is 28.4 Å². The van der Waals surface area contributed by atoms with Crippen molar-refractivity contribution in [3.05, 3.63) is 60.8 Å². The van der Waals surface area contributed by atoms with E-state index in [2.05, 4.69) is 65.8 Å². The van der Waals surface area contributed by atoms with E-state index in [0.717, 1.165) is 12.4 Å². The van der Waals surface area contributed by atoms with Crippen molar-refractivity contribution < 1.29 is 0 Å². The molecule has 0 atom stereocenters. The van der Waals surface area contributed by atoms with Crippen molar-refractivity contribution in [2.24, 2.45) is 0 Å². The third-order valence-corrected chi connectivity index (χ3v) is 4.51. The number of unbranched alkanes of at least 4 members (excludes halogenated alkanes) is 1. The summed E-state index contributed by atoms with van der Waals surface area (Å²) in [6.45, 7) is 3.18. The SMILES string of the molecule is CCCCNc1cc2ccc(Sc3ccccc3)cc2cn1. The molecule has 3 aromatic rings. The minimum Gasteiger partial charge on any atom is -0.370 e. The van der Waals surface area contributed by atoms with Crippen molar-refractivity contribution in [3.8, 4) is 0 Å². The average Bonchev–Trinajstić information content (AvgIpc) is 2.56. The number of pyridine rings is 1. The van der Waals surface area contributed by atoms with Crippen LogP contribution in [0.1, 0.15) is 19.8 Å². The summed E-state index contributed by atoms with van der Waals surface area (Å²) in [5.41, 5.74) is 0. The molecule has 0 aliphatic heterocycles. The average molecular weight is 308 g/mol. The second-order valence-electron chi connectivity index (χ2n) is 5.27. The summed E-state index contributed by atoms with van der Waals surface area (Å²) in [4.78, 5) is 7.01. The van der Waals surface area contributed by atoms with Crippen molar-refractivity contribution in [1.29, 1.82) is 0 Å². The van der Waals surface area contributed by atoms with E-state index in [9.17, 15) is 0 Å². The van der Waals surface area contributed by atoms with E-state index >= 15 is 0 Å². The maximum Gasteiger partial charge on any atom is 0.126 e. The number of benzene rings is 2. The number of nitrogens with zero attached hydrogens (tertiary/aromatic N) is 1. The van der Waals surface area contributed by atoms with Crippen LogP contribution in [-0.4, -0.2) is 11.5 Å². The quantitative estimate of drug-likeness (QED) is 0.600. The summed E-state index contributed by atoms with van der Waals surface area (Å²) in [5.74, 6) is 0.962. The zero-order chi connectivity index (χ0) is 15.2. The first-order chi connectivity index (χ1) is 10.8. The topological polar surface area (TPSA) is 24.9 Å². The van der Waals surface area contributed by atoms with Crippen LogP contribution in [0.3, 0.4) is 0 Å². The van der Waals surface area contributed by atoms with Gasteiger partial charge < -0.3 is 5.32 Å². The Balaban J connectivity index is 1.77. The fourth-order valence-corrected chi connectivity index (χ4v) is 3.19. The molecule has 0 aliphatic carbocycles. The first-order valence-electron chi connectivity index (χ1n) is 7.72. The van der Waals surface area contributed by atoms with Crippen molar-refractivity contribution in [2.45, 2.75) is 29.6 Å². The molecule has 0 bridgehead atoms. The second kappa shape index (κ2) is 7.32. The molecule has 0 aliphatic rings. The van der Waals surface area contributed by atoms with Crippen LogP contribution in [0, 0.1) is 0 Å². The van der Waals surface area contributed by atoms with Gasteiger partial charge in [-0.15, -0.1) is 0 Å². The van der Waals surface area contributed by atoms with Crippen LogP contribution < -0.4 is 5.32 Å². The molecule has 1 aromatic heterocycles. The maximum atomic E-state index is 4.51. The van der Waals surface area contributed by atoms with E-state index < -0.39 is 0 Å². The van der Waals surface area contributed by atoms with Crippen LogP contribution in [-0.2, 0) is 0 Å². The molecule has 0 fully saturated rings. The normalized spacial score (nSPS) is 10.8. The molecule has 2 nitrogen and oxygen atoms in total. The molecule has 0 saturated carbocycles. The number of rotatable bonds is 6. The number of hydrogen-bond donors (Lipinski definition) is 1. The summed E-state index contributed by atoms with van der Waals surface area (Å²) < 4.78 is 0. The Morgan fingerprint density at radius 3 is 2.64 bits per heavy atom. The summed E-state index contributed by atoms with van der Waals surface area (Å²) in [6.07, 6.45) is 4.33. The monoisotopic (exact) mass is 308 g/mol. The molecule has 1 N–H and O–H groups in total. The minimum atomic E-state index is 0.962. The number of fused-ring (bicyclic) bond motifs is 1. The van der Waals surface area contributed by atoms with E-state index in [-0.39, 0.29) is 0 Å². The fraction of sp³-hybridized carbons (Fsp3) is 0.211. The van der Waals surface area contributed by atoms with Gasteiger partial charge in [0.05, 0.1) is 0 Å². The minimum absolute atomic E-state index is 0.962. The molecule has 0 radical (unpaired) electrons. The Hall–Kier alpha value is -2.00. The lowest BCUT2D eigenvalue weighted by Crippen LogP contribution is -2.02. The van der Waals surface area contributed by atoms with Gasteiger partial charge >= 0.3 is 0 Å². The molecular weight excluding hydrogens is 288 g/mol. The molecule has 1 heterocycles. The fourth-order valence-electron chi connectivity index (χ4n) is 2.30. The molecule has 0 spiro atoms. The van der Waals surface area contributed by atoms with E-state index in [1.54, 1.807) is 11.8 Å². The van der Waals surface area contributed by atoms with Gasteiger partial charge in [-0.2, -0.15) is 0 Å². The lowest BCUT2D eigenvalue weighted by atomic mass is 10.2. The molecule has 112 valence electrons. The first-order valence-corrected chi connectivity index (χ1v) is 8.53. The van der Waals surface area contributed by atoms with E-state index in [0.29, 0.717) is 0 Å². The first kappa shape index (κ1) is 14.9. The molecule has 3 heteroatoms. The van der Waals surface area contributed by atoms with Gasteiger partial charge in [0.1, 0.15) is 5.82 Å². The Labute approximate surface area is 136 Å². The van der Waals surface area contributed by atoms with Crippen LogP contribution in [0.15, 0.2) is 70.6 Å². The van der Waals surface area contributed by atoms with Gasteiger partial charge in [0.15, 0.2) is 0 Å². The second-order valence-corrected chi connectivity index (χ2v) is 6.42. The van der Waals surface area contributed by atoms with Crippen LogP contribution in [0.2, 0.25) is 0 Å². The summed E-state index contributed by atoms with van der Waals surface area (Å²) in [6, 6.07) is 19.1. The van der Waals surface area contributed by atoms with Crippen molar-refractivity contribution in [2.75, 3.05) is 11.9 Å². The molecule has 0 unspecified atom stereocenters. The number of hydrogen-bond acceptors (Lipinski definition) is 3. The van der Waals surface area contributed by atoms with Crippen LogP contribution in [0.25, 0.3) is 10.8 Å². The van der Waals surface area contributed by atoms with Crippen LogP contribution in [0.5, 0.6) is 0 Å². The number of anilines is 1. The van der Waals surface area contributed by atoms with Gasteiger partial charge in [-0.3, -0.25) is 0 Å². The predicted octanol–water partition coefficient (Wildman–Crippen LogP) is 5.60. The maximum absolute atomic E-state index is 4.51. The number of nitrogens with one attached hydrogen (secondary N) is 1. The molecule has 0 saturated heterocycles. The predicted molar refractivity (Wildman–Crippen MR) is 95.7 cm³/mol. The zero-order valence-corrected chi connectivity index (χ0v) is 13.6. The Morgan fingerprint density at radius 2 is 1.82 bits per heavy atom. The van der Waals surface area contributed by atoms with Gasteiger partial charge in [-0.25, -0.2) is 4.98 Å². The lowest BCUT2D eigenvalue weighted by molar-refractivity contribution is 0.831. The Morgan fingerprint density at radius 1 is 0.955 bits per heavy atom. The lowest BCUT2D eigenvalue weighted by Gasteiger charge is -2.07. The van der Waals surface area contributed by atoms with E-state index in [1.165, 1.54) is 33.4 Å². The third-order valence-electron chi connectivity index (χ3n) is 3.51. The summed E-state index contributed by atoms with van der Waals surface area (Å²) in [5, 5.41) is 5.79. The van der Waals surface area contributed by atoms with Crippen LogP contribution in [0.4, 0.5) is 5.82 Å². The highest BCUT2D eigenvalue weighted by atomic mass is 32.2. The highest BCUT2D eigenvalue weighted by Crippen LogP contribution is 2.30. The van der Waals surface area contributed by atoms with Crippen molar-refractivity contribution in [1.82, 2.24) is 4.98 Å². The highest BCUT2D eigenvalue weighted by Gasteiger charge is 2.01.